The molecule has 0 aliphatic carbocycles. The van der Waals surface area contributed by atoms with E-state index in [9.17, 15) is 13.2 Å². The molecule has 32 heavy (non-hydrogen) atoms. The van der Waals surface area contributed by atoms with Crippen molar-refractivity contribution in [3.63, 3.8) is 0 Å². The van der Waals surface area contributed by atoms with Crippen LogP contribution in [-0.2, 0) is 14.8 Å². The number of hydrogen-bond donors (Lipinski definition) is 1. The smallest absolute Gasteiger partial charge is 0.257 e. The number of hydrogen-bond acceptors (Lipinski definition) is 6. The Morgan fingerprint density at radius 1 is 1.00 bits per heavy atom. The Hall–Kier alpha value is -2.17. The molecule has 172 valence electrons. The fourth-order valence-corrected chi connectivity index (χ4v) is 5.51. The van der Waals surface area contributed by atoms with E-state index >= 15 is 0 Å². The Morgan fingerprint density at radius 3 is 2.41 bits per heavy atom. The zero-order valence-electron chi connectivity index (χ0n) is 18.0. The molecule has 0 bridgehead atoms. The molecule has 8 nitrogen and oxygen atoms in total. The molecule has 2 aromatic carbocycles. The van der Waals surface area contributed by atoms with Gasteiger partial charge in [-0.3, -0.25) is 4.79 Å². The summed E-state index contributed by atoms with van der Waals surface area (Å²) < 4.78 is 32.6. The number of carbonyl (C=O) groups is 1. The molecule has 10 heteroatoms. The third-order valence-electron chi connectivity index (χ3n) is 5.79. The standard InChI is InChI=1S/C22H27ClN4O4S/c1-25-8-10-26(11-9-25)21-5-3-2-4-20(21)24-22(28)18-16-17(6-7-19(18)23)32(29,30)27-12-14-31-15-13-27/h2-7,16H,8-15H2,1H3,(H,24,28). The molecule has 0 atom stereocenters. The third-order valence-corrected chi connectivity index (χ3v) is 8.01. The summed E-state index contributed by atoms with van der Waals surface area (Å²) in [5.74, 6) is -0.449. The number of likely N-dealkylation sites (N-methyl/N-ethyl adjacent to an activating group) is 1. The van der Waals surface area contributed by atoms with Gasteiger partial charge >= 0.3 is 0 Å². The number of para-hydroxylation sites is 2. The Balaban J connectivity index is 1.58. The number of nitrogens with one attached hydrogen (secondary N) is 1. The normalized spacial score (nSPS) is 18.5. The molecule has 0 unspecified atom stereocenters. The molecule has 2 aliphatic heterocycles. The number of morpholine rings is 1. The summed E-state index contributed by atoms with van der Waals surface area (Å²) in [7, 11) is -1.65. The number of nitrogens with zero attached hydrogens (tertiary/aromatic N) is 3. The molecular weight excluding hydrogens is 452 g/mol. The van der Waals surface area contributed by atoms with Gasteiger partial charge in [0.05, 0.1) is 40.1 Å². The Kier molecular flexibility index (Phi) is 7.02. The fourth-order valence-electron chi connectivity index (χ4n) is 3.87. The molecular formula is C22H27ClN4O4S. The highest BCUT2D eigenvalue weighted by Crippen LogP contribution is 2.29. The van der Waals surface area contributed by atoms with Crippen LogP contribution in [0.15, 0.2) is 47.4 Å². The number of amides is 1. The van der Waals surface area contributed by atoms with Gasteiger partial charge in [-0.05, 0) is 37.4 Å². The molecule has 0 aromatic heterocycles. The average molecular weight is 479 g/mol. The highest BCUT2D eigenvalue weighted by atomic mass is 35.5. The van der Waals surface area contributed by atoms with Crippen molar-refractivity contribution in [3.05, 3.63) is 53.1 Å². The highest BCUT2D eigenvalue weighted by molar-refractivity contribution is 7.89. The van der Waals surface area contributed by atoms with Gasteiger partial charge in [0, 0.05) is 39.3 Å². The number of ether oxygens (including phenoxy) is 1. The lowest BCUT2D eigenvalue weighted by Crippen LogP contribution is -2.44. The van der Waals surface area contributed by atoms with Crippen molar-refractivity contribution in [2.75, 3.05) is 69.7 Å². The van der Waals surface area contributed by atoms with Gasteiger partial charge < -0.3 is 19.9 Å². The lowest BCUT2D eigenvalue weighted by atomic mass is 10.1. The summed E-state index contributed by atoms with van der Waals surface area (Å²) in [6.07, 6.45) is 0. The van der Waals surface area contributed by atoms with Crippen LogP contribution in [0.4, 0.5) is 11.4 Å². The van der Waals surface area contributed by atoms with Crippen LogP contribution in [0.1, 0.15) is 10.4 Å². The maximum absolute atomic E-state index is 13.1. The van der Waals surface area contributed by atoms with Gasteiger partial charge in [-0.2, -0.15) is 4.31 Å². The molecule has 2 aliphatic rings. The van der Waals surface area contributed by atoms with Gasteiger partial charge in [0.25, 0.3) is 5.91 Å². The summed E-state index contributed by atoms with van der Waals surface area (Å²) in [5, 5.41) is 3.12. The molecule has 4 rings (SSSR count). The van der Waals surface area contributed by atoms with Crippen molar-refractivity contribution in [1.82, 2.24) is 9.21 Å². The zero-order chi connectivity index (χ0) is 22.7. The van der Waals surface area contributed by atoms with Crippen LogP contribution in [0.2, 0.25) is 5.02 Å². The minimum atomic E-state index is -3.74. The lowest BCUT2D eigenvalue weighted by Gasteiger charge is -2.35. The second-order valence-corrected chi connectivity index (χ2v) is 10.3. The summed E-state index contributed by atoms with van der Waals surface area (Å²) in [4.78, 5) is 17.7. The van der Waals surface area contributed by atoms with Crippen molar-refractivity contribution in [1.29, 1.82) is 0 Å². The molecule has 0 saturated carbocycles. The van der Waals surface area contributed by atoms with Crippen LogP contribution in [-0.4, -0.2) is 83.1 Å². The van der Waals surface area contributed by atoms with E-state index in [-0.39, 0.29) is 28.6 Å². The predicted octanol–water partition coefficient (Wildman–Crippen LogP) is 2.37. The highest BCUT2D eigenvalue weighted by Gasteiger charge is 2.28. The van der Waals surface area contributed by atoms with Gasteiger partial charge in [-0.1, -0.05) is 23.7 Å². The predicted molar refractivity (Wildman–Crippen MR) is 125 cm³/mol. The maximum Gasteiger partial charge on any atom is 0.257 e. The van der Waals surface area contributed by atoms with E-state index in [0.29, 0.717) is 18.9 Å². The fraction of sp³-hybridized carbons (Fsp3) is 0.409. The van der Waals surface area contributed by atoms with Crippen molar-refractivity contribution < 1.29 is 17.9 Å². The van der Waals surface area contributed by atoms with Crippen LogP contribution < -0.4 is 10.2 Å². The van der Waals surface area contributed by atoms with Crippen LogP contribution in [0.5, 0.6) is 0 Å². The topological polar surface area (TPSA) is 82.2 Å². The quantitative estimate of drug-likeness (QED) is 0.710. The lowest BCUT2D eigenvalue weighted by molar-refractivity contribution is 0.0730. The second-order valence-electron chi connectivity index (χ2n) is 7.92. The van der Waals surface area contributed by atoms with Gasteiger partial charge in [0.1, 0.15) is 0 Å². The van der Waals surface area contributed by atoms with E-state index in [1.807, 2.05) is 24.3 Å². The minimum absolute atomic E-state index is 0.0429. The largest absolute Gasteiger partial charge is 0.379 e. The number of piperazine rings is 1. The van der Waals surface area contributed by atoms with Crippen LogP contribution in [0.25, 0.3) is 0 Å². The SMILES string of the molecule is CN1CCN(c2ccccc2NC(=O)c2cc(S(=O)(=O)N3CCOCC3)ccc2Cl)CC1. The first-order valence-electron chi connectivity index (χ1n) is 10.6. The van der Waals surface area contributed by atoms with Crippen molar-refractivity contribution in [2.45, 2.75) is 4.90 Å². The zero-order valence-corrected chi connectivity index (χ0v) is 19.5. The monoisotopic (exact) mass is 478 g/mol. The number of benzene rings is 2. The van der Waals surface area contributed by atoms with Crippen molar-refractivity contribution in [3.8, 4) is 0 Å². The average Bonchev–Trinajstić information content (AvgIpc) is 2.81. The van der Waals surface area contributed by atoms with E-state index in [4.69, 9.17) is 16.3 Å². The number of sulfonamides is 1. The molecule has 2 fully saturated rings. The first-order valence-corrected chi connectivity index (χ1v) is 12.4. The molecule has 0 spiro atoms. The van der Waals surface area contributed by atoms with Gasteiger partial charge in [0.2, 0.25) is 10.0 Å². The van der Waals surface area contributed by atoms with Gasteiger partial charge in [-0.25, -0.2) is 8.42 Å². The summed E-state index contributed by atoms with van der Waals surface area (Å²) in [6.45, 7) is 4.86. The van der Waals surface area contributed by atoms with Gasteiger partial charge in [-0.15, -0.1) is 0 Å². The van der Waals surface area contributed by atoms with E-state index < -0.39 is 15.9 Å². The molecule has 2 heterocycles. The Morgan fingerprint density at radius 2 is 1.69 bits per heavy atom. The molecule has 1 amide bonds. The number of carbonyl (C=O) groups excluding carboxylic acids is 1. The van der Waals surface area contributed by atoms with E-state index in [2.05, 4.69) is 22.2 Å². The van der Waals surface area contributed by atoms with Crippen molar-refractivity contribution in [2.24, 2.45) is 0 Å². The first kappa shape index (κ1) is 23.0. The van der Waals surface area contributed by atoms with Crippen LogP contribution in [0, 0.1) is 0 Å². The molecule has 1 N–H and O–H groups in total. The second kappa shape index (κ2) is 9.76. The number of rotatable bonds is 5. The van der Waals surface area contributed by atoms with E-state index in [1.165, 1.54) is 22.5 Å². The molecule has 0 radical (unpaired) electrons. The maximum atomic E-state index is 13.1. The Labute approximate surface area is 193 Å². The molecule has 2 aromatic rings. The summed E-state index contributed by atoms with van der Waals surface area (Å²) in [6, 6.07) is 11.8. The first-order chi connectivity index (χ1) is 15.4. The van der Waals surface area contributed by atoms with E-state index in [1.54, 1.807) is 0 Å². The number of anilines is 2. The minimum Gasteiger partial charge on any atom is -0.379 e. The third kappa shape index (κ3) is 4.92. The van der Waals surface area contributed by atoms with Crippen molar-refractivity contribution >= 4 is 38.9 Å². The molecule has 2 saturated heterocycles. The van der Waals surface area contributed by atoms with Gasteiger partial charge in [0.15, 0.2) is 0 Å². The van der Waals surface area contributed by atoms with Crippen LogP contribution in [0.3, 0.4) is 0 Å². The Bertz CT molecular complexity index is 1080. The number of halogens is 1. The summed E-state index contributed by atoms with van der Waals surface area (Å²) in [5.41, 5.74) is 1.72. The summed E-state index contributed by atoms with van der Waals surface area (Å²) >= 11 is 6.29. The van der Waals surface area contributed by atoms with E-state index in [0.717, 1.165) is 31.9 Å². The van der Waals surface area contributed by atoms with Crippen LogP contribution >= 0.6 is 11.6 Å².